The number of halogens is 1. The van der Waals surface area contributed by atoms with Gasteiger partial charge in [-0.25, -0.2) is 0 Å². The average molecular weight is 284 g/mol. The minimum Gasteiger partial charge on any atom is -0.481 e. The molecule has 19 heavy (non-hydrogen) atoms. The Labute approximate surface area is 120 Å². The van der Waals surface area contributed by atoms with E-state index in [0.29, 0.717) is 31.0 Å². The molecule has 4 heteroatoms. The minimum atomic E-state index is -0.713. The molecule has 0 aliphatic heterocycles. The van der Waals surface area contributed by atoms with Gasteiger partial charge in [-0.3, -0.25) is 4.79 Å². The van der Waals surface area contributed by atoms with Gasteiger partial charge in [-0.2, -0.15) is 0 Å². The third kappa shape index (κ3) is 4.22. The highest BCUT2D eigenvalue weighted by atomic mass is 35.5. The third-order valence-electron chi connectivity index (χ3n) is 3.72. The summed E-state index contributed by atoms with van der Waals surface area (Å²) >= 11 is 5.95. The molecule has 0 spiro atoms. The van der Waals surface area contributed by atoms with Crippen LogP contribution in [0, 0.1) is 5.41 Å². The number of benzene rings is 1. The molecular formula is C15H22ClNO2. The van der Waals surface area contributed by atoms with Crippen LogP contribution in [0.15, 0.2) is 24.3 Å². The van der Waals surface area contributed by atoms with Gasteiger partial charge in [0.05, 0.1) is 5.41 Å². The molecule has 0 atom stereocenters. The van der Waals surface area contributed by atoms with Crippen molar-refractivity contribution in [3.63, 3.8) is 0 Å². The predicted molar refractivity (Wildman–Crippen MR) is 78.4 cm³/mol. The van der Waals surface area contributed by atoms with Crippen molar-refractivity contribution in [1.29, 1.82) is 0 Å². The summed E-state index contributed by atoms with van der Waals surface area (Å²) in [7, 11) is 1.95. The number of rotatable bonds is 7. The fraction of sp³-hybridized carbons (Fsp3) is 0.533. The van der Waals surface area contributed by atoms with Gasteiger partial charge in [0.2, 0.25) is 0 Å². The van der Waals surface area contributed by atoms with Crippen LogP contribution >= 0.6 is 11.6 Å². The molecule has 1 aromatic carbocycles. The van der Waals surface area contributed by atoms with Gasteiger partial charge in [-0.15, -0.1) is 0 Å². The van der Waals surface area contributed by atoms with Crippen molar-refractivity contribution in [3.8, 4) is 0 Å². The van der Waals surface area contributed by atoms with E-state index in [1.54, 1.807) is 0 Å². The topological polar surface area (TPSA) is 40.5 Å². The van der Waals surface area contributed by atoms with Crippen molar-refractivity contribution in [3.05, 3.63) is 34.9 Å². The lowest BCUT2D eigenvalue weighted by Crippen LogP contribution is -2.40. The van der Waals surface area contributed by atoms with Gasteiger partial charge in [0.1, 0.15) is 0 Å². The first-order valence-electron chi connectivity index (χ1n) is 6.60. The summed E-state index contributed by atoms with van der Waals surface area (Å²) in [6.07, 6.45) is 1.28. The van der Waals surface area contributed by atoms with Crippen molar-refractivity contribution in [1.82, 2.24) is 4.90 Å². The van der Waals surface area contributed by atoms with Crippen LogP contribution in [0.4, 0.5) is 0 Å². The smallest absolute Gasteiger partial charge is 0.310 e. The molecule has 1 aromatic rings. The highest BCUT2D eigenvalue weighted by Gasteiger charge is 2.35. The fourth-order valence-corrected chi connectivity index (χ4v) is 2.58. The summed E-state index contributed by atoms with van der Waals surface area (Å²) in [6.45, 7) is 5.12. The van der Waals surface area contributed by atoms with Crippen LogP contribution in [0.2, 0.25) is 5.02 Å². The number of aliphatic carboxylic acids is 1. The highest BCUT2D eigenvalue weighted by molar-refractivity contribution is 6.30. The summed E-state index contributed by atoms with van der Waals surface area (Å²) < 4.78 is 0. The van der Waals surface area contributed by atoms with Gasteiger partial charge < -0.3 is 10.0 Å². The van der Waals surface area contributed by atoms with E-state index < -0.39 is 11.4 Å². The minimum absolute atomic E-state index is 0.543. The molecule has 1 rings (SSSR count). The van der Waals surface area contributed by atoms with Gasteiger partial charge in [0.25, 0.3) is 0 Å². The Morgan fingerprint density at radius 1 is 1.37 bits per heavy atom. The van der Waals surface area contributed by atoms with Gasteiger partial charge in [-0.05, 0) is 37.6 Å². The Kier molecular flexibility index (Phi) is 5.83. The van der Waals surface area contributed by atoms with Crippen molar-refractivity contribution in [2.24, 2.45) is 5.41 Å². The molecule has 0 fully saturated rings. The maximum atomic E-state index is 11.5. The molecule has 1 N–H and O–H groups in total. The first-order chi connectivity index (χ1) is 8.93. The van der Waals surface area contributed by atoms with Crippen molar-refractivity contribution >= 4 is 17.6 Å². The molecular weight excluding hydrogens is 262 g/mol. The summed E-state index contributed by atoms with van der Waals surface area (Å²) in [5, 5.41) is 10.1. The second kappa shape index (κ2) is 6.92. The monoisotopic (exact) mass is 283 g/mol. The van der Waals surface area contributed by atoms with E-state index in [2.05, 4.69) is 0 Å². The van der Waals surface area contributed by atoms with Crippen molar-refractivity contribution in [2.75, 3.05) is 13.6 Å². The van der Waals surface area contributed by atoms with Crippen LogP contribution in [-0.4, -0.2) is 29.6 Å². The summed E-state index contributed by atoms with van der Waals surface area (Å²) in [6, 6.07) is 7.67. The normalized spacial score (nSPS) is 11.8. The van der Waals surface area contributed by atoms with Crippen LogP contribution in [0.25, 0.3) is 0 Å². The van der Waals surface area contributed by atoms with Gasteiger partial charge in [0, 0.05) is 18.1 Å². The summed E-state index contributed by atoms with van der Waals surface area (Å²) in [5.74, 6) is -0.713. The molecule has 0 radical (unpaired) electrons. The second-order valence-electron chi connectivity index (χ2n) is 5.09. The number of carbonyl (C=O) groups is 1. The van der Waals surface area contributed by atoms with Crippen LogP contribution in [0.5, 0.6) is 0 Å². The molecule has 0 unspecified atom stereocenters. The number of hydrogen-bond acceptors (Lipinski definition) is 2. The molecule has 0 aromatic heterocycles. The van der Waals surface area contributed by atoms with Crippen LogP contribution in [0.3, 0.4) is 0 Å². The van der Waals surface area contributed by atoms with Gasteiger partial charge in [-0.1, -0.05) is 37.6 Å². The van der Waals surface area contributed by atoms with Crippen LogP contribution in [0.1, 0.15) is 32.3 Å². The van der Waals surface area contributed by atoms with E-state index in [0.717, 1.165) is 5.56 Å². The van der Waals surface area contributed by atoms with E-state index in [-0.39, 0.29) is 0 Å². The Bertz CT molecular complexity index is 430. The largest absolute Gasteiger partial charge is 0.481 e. The molecule has 0 bridgehead atoms. The summed E-state index contributed by atoms with van der Waals surface area (Å²) in [4.78, 5) is 13.5. The molecule has 0 aliphatic rings. The highest BCUT2D eigenvalue weighted by Crippen LogP contribution is 2.28. The second-order valence-corrected chi connectivity index (χ2v) is 5.53. The number of carboxylic acid groups (broad SMARTS) is 1. The third-order valence-corrected chi connectivity index (χ3v) is 3.96. The lowest BCUT2D eigenvalue weighted by atomic mass is 9.82. The van der Waals surface area contributed by atoms with E-state index in [1.165, 1.54) is 0 Å². The van der Waals surface area contributed by atoms with E-state index >= 15 is 0 Å². The molecule has 0 saturated carbocycles. The maximum absolute atomic E-state index is 11.5. The zero-order valence-corrected chi connectivity index (χ0v) is 12.6. The predicted octanol–water partition coefficient (Wildman–Crippen LogP) is 3.66. The number of carboxylic acids is 1. The SMILES string of the molecule is CCC(CC)(CN(C)Cc1cccc(Cl)c1)C(=O)O. The Morgan fingerprint density at radius 2 is 2.00 bits per heavy atom. The Hall–Kier alpha value is -1.06. The Morgan fingerprint density at radius 3 is 2.47 bits per heavy atom. The molecule has 0 saturated heterocycles. The first kappa shape index (κ1) is 16.0. The molecule has 106 valence electrons. The van der Waals surface area contributed by atoms with E-state index in [4.69, 9.17) is 11.6 Å². The lowest BCUT2D eigenvalue weighted by molar-refractivity contribution is -0.150. The van der Waals surface area contributed by atoms with Crippen LogP contribution < -0.4 is 0 Å². The van der Waals surface area contributed by atoms with Crippen LogP contribution in [-0.2, 0) is 11.3 Å². The number of nitrogens with zero attached hydrogens (tertiary/aromatic N) is 1. The molecule has 3 nitrogen and oxygen atoms in total. The van der Waals surface area contributed by atoms with Gasteiger partial charge in [0.15, 0.2) is 0 Å². The van der Waals surface area contributed by atoms with Gasteiger partial charge >= 0.3 is 5.97 Å². The standard InChI is InChI=1S/C15H22ClNO2/c1-4-15(5-2,14(18)19)11-17(3)10-12-7-6-8-13(16)9-12/h6-9H,4-5,10-11H2,1-3H3,(H,18,19). The zero-order chi connectivity index (χ0) is 14.5. The molecule has 0 amide bonds. The first-order valence-corrected chi connectivity index (χ1v) is 6.97. The van der Waals surface area contributed by atoms with E-state index in [9.17, 15) is 9.90 Å². The Balaban J connectivity index is 2.73. The zero-order valence-electron chi connectivity index (χ0n) is 11.8. The molecule has 0 heterocycles. The maximum Gasteiger partial charge on any atom is 0.310 e. The lowest BCUT2D eigenvalue weighted by Gasteiger charge is -2.31. The van der Waals surface area contributed by atoms with Crippen molar-refractivity contribution in [2.45, 2.75) is 33.2 Å². The quantitative estimate of drug-likeness (QED) is 0.830. The van der Waals surface area contributed by atoms with Crippen molar-refractivity contribution < 1.29 is 9.90 Å². The average Bonchev–Trinajstić information content (AvgIpc) is 2.35. The fourth-order valence-electron chi connectivity index (χ4n) is 2.36. The van der Waals surface area contributed by atoms with E-state index in [1.807, 2.05) is 50.1 Å². The molecule has 0 aliphatic carbocycles. The summed E-state index contributed by atoms with van der Waals surface area (Å²) in [5.41, 5.74) is 0.439. The number of hydrogen-bond donors (Lipinski definition) is 1.